The lowest BCUT2D eigenvalue weighted by Gasteiger charge is -2.13. The molecule has 0 saturated heterocycles. The van der Waals surface area contributed by atoms with E-state index in [1.165, 1.54) is 18.2 Å². The number of rotatable bonds is 5. The van der Waals surface area contributed by atoms with Crippen LogP contribution in [0, 0.1) is 0 Å². The fraction of sp³-hybridized carbons (Fsp3) is 0.231. The minimum absolute atomic E-state index is 0.179. The van der Waals surface area contributed by atoms with Crippen LogP contribution in [0.3, 0.4) is 0 Å². The molecule has 1 heterocycles. The topological polar surface area (TPSA) is 54.6 Å². The third-order valence-corrected chi connectivity index (χ3v) is 2.44. The highest BCUT2D eigenvalue weighted by atomic mass is 19.4. The van der Waals surface area contributed by atoms with Crippen molar-refractivity contribution in [3.8, 4) is 5.75 Å². The zero-order chi connectivity index (χ0) is 14.6. The smallest absolute Gasteiger partial charge is 0.462 e. The number of aliphatic hydroxyl groups excluding tert-OH is 1. The van der Waals surface area contributed by atoms with Gasteiger partial charge in [0.15, 0.2) is 5.75 Å². The molecule has 0 unspecified atom stereocenters. The molecule has 0 atom stereocenters. The van der Waals surface area contributed by atoms with Crippen LogP contribution in [0.4, 0.5) is 18.9 Å². The summed E-state index contributed by atoms with van der Waals surface area (Å²) >= 11 is 0. The van der Waals surface area contributed by atoms with Crippen LogP contribution in [-0.4, -0.2) is 11.5 Å². The van der Waals surface area contributed by atoms with Crippen LogP contribution in [0.5, 0.6) is 5.75 Å². The zero-order valence-corrected chi connectivity index (χ0v) is 10.3. The number of nitrogens with one attached hydrogen (secondary N) is 1. The van der Waals surface area contributed by atoms with Crippen LogP contribution in [0.2, 0.25) is 0 Å². The Morgan fingerprint density at radius 3 is 2.45 bits per heavy atom. The summed E-state index contributed by atoms with van der Waals surface area (Å²) in [6, 6.07) is 8.95. The molecule has 0 spiro atoms. The average molecular weight is 287 g/mol. The van der Waals surface area contributed by atoms with Crippen molar-refractivity contribution in [2.24, 2.45) is 0 Å². The number of furan rings is 1. The third kappa shape index (κ3) is 3.92. The van der Waals surface area contributed by atoms with Crippen molar-refractivity contribution >= 4 is 5.69 Å². The number of para-hydroxylation sites is 2. The summed E-state index contributed by atoms with van der Waals surface area (Å²) in [5, 5.41) is 11.6. The molecule has 4 nitrogen and oxygen atoms in total. The number of halogens is 3. The van der Waals surface area contributed by atoms with Gasteiger partial charge in [-0.3, -0.25) is 0 Å². The fourth-order valence-electron chi connectivity index (χ4n) is 1.61. The molecule has 0 fully saturated rings. The largest absolute Gasteiger partial charge is 0.573 e. The Morgan fingerprint density at radius 2 is 1.80 bits per heavy atom. The van der Waals surface area contributed by atoms with E-state index in [4.69, 9.17) is 9.52 Å². The number of anilines is 1. The first-order chi connectivity index (χ1) is 9.48. The Bertz CT molecular complexity index is 566. The average Bonchev–Trinajstić information content (AvgIpc) is 2.84. The number of aliphatic hydroxyl groups is 1. The Kier molecular flexibility index (Phi) is 4.19. The van der Waals surface area contributed by atoms with Crippen LogP contribution in [0.15, 0.2) is 40.8 Å². The van der Waals surface area contributed by atoms with Crippen LogP contribution in [0.1, 0.15) is 11.5 Å². The highest BCUT2D eigenvalue weighted by molar-refractivity contribution is 5.56. The van der Waals surface area contributed by atoms with Gasteiger partial charge in [-0.05, 0) is 24.3 Å². The van der Waals surface area contributed by atoms with Gasteiger partial charge in [0.2, 0.25) is 0 Å². The molecule has 0 aliphatic rings. The lowest BCUT2D eigenvalue weighted by atomic mass is 10.3. The summed E-state index contributed by atoms with van der Waals surface area (Å²) in [5.74, 6) is 0.575. The second-order valence-electron chi connectivity index (χ2n) is 3.92. The lowest BCUT2D eigenvalue weighted by molar-refractivity contribution is -0.274. The second kappa shape index (κ2) is 5.87. The van der Waals surface area contributed by atoms with Gasteiger partial charge in [-0.25, -0.2) is 0 Å². The van der Waals surface area contributed by atoms with Gasteiger partial charge < -0.3 is 19.6 Å². The molecule has 2 aromatic rings. The Labute approximate surface area is 112 Å². The summed E-state index contributed by atoms with van der Waals surface area (Å²) in [5.41, 5.74) is 0.201. The molecule has 0 aliphatic heterocycles. The van der Waals surface area contributed by atoms with Crippen LogP contribution in [-0.2, 0) is 13.2 Å². The van der Waals surface area contributed by atoms with Gasteiger partial charge in [0, 0.05) is 0 Å². The molecule has 108 valence electrons. The molecule has 7 heteroatoms. The number of ether oxygens (including phenoxy) is 1. The van der Waals surface area contributed by atoms with Crippen molar-refractivity contribution in [2.75, 3.05) is 5.32 Å². The fourth-order valence-corrected chi connectivity index (χ4v) is 1.61. The number of hydrogen-bond acceptors (Lipinski definition) is 4. The van der Waals surface area contributed by atoms with Crippen molar-refractivity contribution in [3.05, 3.63) is 47.9 Å². The summed E-state index contributed by atoms with van der Waals surface area (Å²) in [6.07, 6.45) is -4.74. The van der Waals surface area contributed by atoms with Gasteiger partial charge in [-0.1, -0.05) is 12.1 Å². The van der Waals surface area contributed by atoms with Crippen LogP contribution >= 0.6 is 0 Å². The molecular weight excluding hydrogens is 275 g/mol. The Hall–Kier alpha value is -2.15. The molecule has 20 heavy (non-hydrogen) atoms. The standard InChI is InChI=1S/C13H12F3NO3/c14-13(15,16)20-12-4-2-1-3-11(12)17-7-9-5-6-10(8-18)19-9/h1-6,17-18H,7-8H2. The number of benzene rings is 1. The normalized spacial score (nSPS) is 11.4. The quantitative estimate of drug-likeness (QED) is 0.886. The maximum atomic E-state index is 12.2. The molecule has 0 bridgehead atoms. The molecule has 2 N–H and O–H groups in total. The van der Waals surface area contributed by atoms with E-state index >= 15 is 0 Å². The third-order valence-electron chi connectivity index (χ3n) is 2.44. The molecule has 1 aromatic heterocycles. The first kappa shape index (κ1) is 14.3. The Balaban J connectivity index is 2.05. The zero-order valence-electron chi connectivity index (χ0n) is 10.3. The maximum absolute atomic E-state index is 12.2. The van der Waals surface area contributed by atoms with E-state index in [-0.39, 0.29) is 24.6 Å². The SMILES string of the molecule is OCc1ccc(CNc2ccccc2OC(F)(F)F)o1. The van der Waals surface area contributed by atoms with Gasteiger partial charge in [0.1, 0.15) is 18.1 Å². The van der Waals surface area contributed by atoms with E-state index in [9.17, 15) is 13.2 Å². The predicted molar refractivity (Wildman–Crippen MR) is 65.1 cm³/mol. The summed E-state index contributed by atoms with van der Waals surface area (Å²) in [4.78, 5) is 0. The molecule has 0 amide bonds. The minimum Gasteiger partial charge on any atom is -0.462 e. The van der Waals surface area contributed by atoms with Gasteiger partial charge >= 0.3 is 6.36 Å². The molecule has 0 saturated carbocycles. The van der Waals surface area contributed by atoms with Gasteiger partial charge in [0.05, 0.1) is 12.2 Å². The van der Waals surface area contributed by atoms with E-state index < -0.39 is 6.36 Å². The molecule has 2 rings (SSSR count). The van der Waals surface area contributed by atoms with Gasteiger partial charge in [-0.2, -0.15) is 0 Å². The van der Waals surface area contributed by atoms with Crippen molar-refractivity contribution in [1.29, 1.82) is 0 Å². The van der Waals surface area contributed by atoms with Crippen LogP contribution < -0.4 is 10.1 Å². The highest BCUT2D eigenvalue weighted by Crippen LogP contribution is 2.30. The second-order valence-corrected chi connectivity index (χ2v) is 3.92. The molecule has 0 radical (unpaired) electrons. The first-order valence-electron chi connectivity index (χ1n) is 5.75. The lowest BCUT2D eigenvalue weighted by Crippen LogP contribution is -2.18. The predicted octanol–water partition coefficient (Wildman–Crippen LogP) is 3.28. The van der Waals surface area contributed by atoms with Gasteiger partial charge in [0.25, 0.3) is 0 Å². The molecular formula is C13H12F3NO3. The molecule has 1 aromatic carbocycles. The maximum Gasteiger partial charge on any atom is 0.573 e. The minimum atomic E-state index is -4.74. The van der Waals surface area contributed by atoms with E-state index in [0.717, 1.165) is 0 Å². The summed E-state index contributed by atoms with van der Waals surface area (Å²) < 4.78 is 45.8. The monoisotopic (exact) mass is 287 g/mol. The van der Waals surface area contributed by atoms with Crippen molar-refractivity contribution in [3.63, 3.8) is 0 Å². The highest BCUT2D eigenvalue weighted by Gasteiger charge is 2.32. The van der Waals surface area contributed by atoms with E-state index in [1.807, 2.05) is 0 Å². The molecule has 0 aliphatic carbocycles. The summed E-state index contributed by atoms with van der Waals surface area (Å²) in [6.45, 7) is -0.0496. The first-order valence-corrected chi connectivity index (χ1v) is 5.75. The van der Waals surface area contributed by atoms with Crippen molar-refractivity contribution in [1.82, 2.24) is 0 Å². The van der Waals surface area contributed by atoms with Crippen LogP contribution in [0.25, 0.3) is 0 Å². The van der Waals surface area contributed by atoms with Crippen molar-refractivity contribution < 1.29 is 27.4 Å². The van der Waals surface area contributed by atoms with Crippen molar-refractivity contribution in [2.45, 2.75) is 19.5 Å². The summed E-state index contributed by atoms with van der Waals surface area (Å²) in [7, 11) is 0. The number of hydrogen-bond donors (Lipinski definition) is 2. The van der Waals surface area contributed by atoms with E-state index in [1.54, 1.807) is 18.2 Å². The number of alkyl halides is 3. The Morgan fingerprint density at radius 1 is 1.10 bits per heavy atom. The van der Waals surface area contributed by atoms with E-state index in [2.05, 4.69) is 10.1 Å². The van der Waals surface area contributed by atoms with E-state index in [0.29, 0.717) is 11.5 Å². The van der Waals surface area contributed by atoms with Gasteiger partial charge in [-0.15, -0.1) is 13.2 Å².